The molecule has 0 fully saturated rings. The smallest absolute Gasteiger partial charge is 0.220 e. The highest BCUT2D eigenvalue weighted by molar-refractivity contribution is 5.76. The molecule has 0 atom stereocenters. The molecule has 0 aliphatic heterocycles. The topological polar surface area (TPSA) is 49.4 Å². The van der Waals surface area contributed by atoms with E-state index in [9.17, 15) is 14.0 Å². The molecule has 0 unspecified atom stereocenters. The number of aryl methyl sites for hydroxylation is 1. The van der Waals surface area contributed by atoms with E-state index in [1.54, 1.807) is 17.0 Å². The standard InChI is InChI=1S/C21H25FN2O2/c1-17(25)24(15-13-19-7-10-20(22)11-8-19)16-14-23-21(26)12-9-18-5-3-2-4-6-18/h2-8,10-11H,9,12-16H2,1H3,(H,23,26). The van der Waals surface area contributed by atoms with Gasteiger partial charge in [-0.15, -0.1) is 0 Å². The minimum atomic E-state index is -0.268. The molecule has 0 spiro atoms. The average molecular weight is 356 g/mol. The quantitative estimate of drug-likeness (QED) is 0.751. The Morgan fingerprint density at radius 1 is 0.923 bits per heavy atom. The van der Waals surface area contributed by atoms with Gasteiger partial charge in [0.1, 0.15) is 5.82 Å². The summed E-state index contributed by atoms with van der Waals surface area (Å²) in [4.78, 5) is 25.4. The first-order valence-electron chi connectivity index (χ1n) is 8.85. The van der Waals surface area contributed by atoms with E-state index in [-0.39, 0.29) is 17.6 Å². The average Bonchev–Trinajstić information content (AvgIpc) is 2.64. The molecule has 2 rings (SSSR count). The molecule has 0 saturated carbocycles. The predicted molar refractivity (Wildman–Crippen MR) is 100 cm³/mol. The second-order valence-corrected chi connectivity index (χ2v) is 6.22. The molecular formula is C21H25FN2O2. The van der Waals surface area contributed by atoms with Crippen molar-refractivity contribution in [2.75, 3.05) is 19.6 Å². The fourth-order valence-corrected chi connectivity index (χ4v) is 2.66. The number of hydrogen-bond acceptors (Lipinski definition) is 2. The molecule has 0 heterocycles. The van der Waals surface area contributed by atoms with Crippen LogP contribution in [0.5, 0.6) is 0 Å². The second-order valence-electron chi connectivity index (χ2n) is 6.22. The van der Waals surface area contributed by atoms with Crippen LogP contribution in [0, 0.1) is 5.82 Å². The molecule has 0 saturated heterocycles. The van der Waals surface area contributed by atoms with E-state index in [4.69, 9.17) is 0 Å². The maximum atomic E-state index is 12.9. The van der Waals surface area contributed by atoms with Crippen LogP contribution in [-0.2, 0) is 22.4 Å². The van der Waals surface area contributed by atoms with Gasteiger partial charge in [-0.3, -0.25) is 9.59 Å². The van der Waals surface area contributed by atoms with Crippen molar-refractivity contribution in [3.63, 3.8) is 0 Å². The van der Waals surface area contributed by atoms with Gasteiger partial charge in [0.05, 0.1) is 0 Å². The monoisotopic (exact) mass is 356 g/mol. The molecule has 0 radical (unpaired) electrons. The van der Waals surface area contributed by atoms with Crippen LogP contribution in [0.2, 0.25) is 0 Å². The SMILES string of the molecule is CC(=O)N(CCNC(=O)CCc1ccccc1)CCc1ccc(F)cc1. The minimum absolute atomic E-state index is 0.0177. The number of carbonyl (C=O) groups is 2. The molecule has 0 aliphatic carbocycles. The fraction of sp³-hybridized carbons (Fsp3) is 0.333. The first-order valence-corrected chi connectivity index (χ1v) is 8.85. The summed E-state index contributed by atoms with van der Waals surface area (Å²) in [7, 11) is 0. The molecule has 0 bridgehead atoms. The number of nitrogens with one attached hydrogen (secondary N) is 1. The molecule has 4 nitrogen and oxygen atoms in total. The second kappa shape index (κ2) is 10.3. The number of hydrogen-bond donors (Lipinski definition) is 1. The number of halogens is 1. The van der Waals surface area contributed by atoms with Gasteiger partial charge in [-0.2, -0.15) is 0 Å². The molecular weight excluding hydrogens is 331 g/mol. The van der Waals surface area contributed by atoms with E-state index in [1.165, 1.54) is 19.1 Å². The number of nitrogens with zero attached hydrogens (tertiary/aromatic N) is 1. The number of rotatable bonds is 9. The van der Waals surface area contributed by atoms with Crippen LogP contribution >= 0.6 is 0 Å². The van der Waals surface area contributed by atoms with Crippen LogP contribution in [0.4, 0.5) is 4.39 Å². The third-order valence-corrected chi connectivity index (χ3v) is 4.22. The van der Waals surface area contributed by atoms with Crippen LogP contribution in [0.25, 0.3) is 0 Å². The van der Waals surface area contributed by atoms with Crippen molar-refractivity contribution < 1.29 is 14.0 Å². The highest BCUT2D eigenvalue weighted by Crippen LogP contribution is 2.05. The number of carbonyl (C=O) groups excluding carboxylic acids is 2. The first-order chi connectivity index (χ1) is 12.5. The normalized spacial score (nSPS) is 10.4. The van der Waals surface area contributed by atoms with Gasteiger partial charge < -0.3 is 10.2 Å². The van der Waals surface area contributed by atoms with E-state index in [1.807, 2.05) is 30.3 Å². The molecule has 2 aromatic rings. The van der Waals surface area contributed by atoms with Crippen molar-refractivity contribution >= 4 is 11.8 Å². The predicted octanol–water partition coefficient (Wildman–Crippen LogP) is 2.97. The van der Waals surface area contributed by atoms with Crippen LogP contribution in [0.15, 0.2) is 54.6 Å². The fourth-order valence-electron chi connectivity index (χ4n) is 2.66. The van der Waals surface area contributed by atoms with E-state index < -0.39 is 0 Å². The zero-order valence-electron chi connectivity index (χ0n) is 15.1. The van der Waals surface area contributed by atoms with Gasteiger partial charge in [0.25, 0.3) is 0 Å². The summed E-state index contributed by atoms with van der Waals surface area (Å²) in [5.41, 5.74) is 2.11. The number of benzene rings is 2. The lowest BCUT2D eigenvalue weighted by atomic mass is 10.1. The Balaban J connectivity index is 1.69. The van der Waals surface area contributed by atoms with E-state index in [2.05, 4.69) is 5.32 Å². The van der Waals surface area contributed by atoms with Gasteiger partial charge >= 0.3 is 0 Å². The van der Waals surface area contributed by atoms with Crippen molar-refractivity contribution in [2.45, 2.75) is 26.2 Å². The van der Waals surface area contributed by atoms with E-state index >= 15 is 0 Å². The minimum Gasteiger partial charge on any atom is -0.354 e. The zero-order chi connectivity index (χ0) is 18.8. The molecule has 138 valence electrons. The van der Waals surface area contributed by atoms with Crippen LogP contribution < -0.4 is 5.32 Å². The largest absolute Gasteiger partial charge is 0.354 e. The van der Waals surface area contributed by atoms with Gasteiger partial charge in [0.15, 0.2) is 0 Å². The van der Waals surface area contributed by atoms with Crippen LogP contribution in [-0.4, -0.2) is 36.3 Å². The summed E-state index contributed by atoms with van der Waals surface area (Å²) in [5.74, 6) is -0.322. The van der Waals surface area contributed by atoms with Gasteiger partial charge in [-0.1, -0.05) is 42.5 Å². The Morgan fingerprint density at radius 3 is 2.23 bits per heavy atom. The van der Waals surface area contributed by atoms with Crippen molar-refractivity contribution in [3.05, 3.63) is 71.5 Å². The van der Waals surface area contributed by atoms with Gasteiger partial charge in [-0.25, -0.2) is 4.39 Å². The summed E-state index contributed by atoms with van der Waals surface area (Å²) < 4.78 is 12.9. The van der Waals surface area contributed by atoms with Crippen molar-refractivity contribution in [3.8, 4) is 0 Å². The summed E-state index contributed by atoms with van der Waals surface area (Å²) >= 11 is 0. The van der Waals surface area contributed by atoms with E-state index in [0.29, 0.717) is 38.9 Å². The molecule has 2 aromatic carbocycles. The van der Waals surface area contributed by atoms with Crippen molar-refractivity contribution in [1.29, 1.82) is 0 Å². The molecule has 0 aromatic heterocycles. The van der Waals surface area contributed by atoms with Gasteiger partial charge in [0, 0.05) is 33.0 Å². The Labute approximate surface area is 154 Å². The summed E-state index contributed by atoms with van der Waals surface area (Å²) in [6.45, 7) is 2.95. The molecule has 5 heteroatoms. The molecule has 2 amide bonds. The first kappa shape index (κ1) is 19.6. The lowest BCUT2D eigenvalue weighted by molar-refractivity contribution is -0.129. The summed E-state index contributed by atoms with van der Waals surface area (Å²) in [6, 6.07) is 16.1. The summed E-state index contributed by atoms with van der Waals surface area (Å²) in [5, 5.41) is 2.86. The highest BCUT2D eigenvalue weighted by atomic mass is 19.1. The van der Waals surface area contributed by atoms with Crippen molar-refractivity contribution in [2.24, 2.45) is 0 Å². The Morgan fingerprint density at radius 2 is 1.58 bits per heavy atom. The van der Waals surface area contributed by atoms with Gasteiger partial charge in [-0.05, 0) is 36.1 Å². The summed E-state index contributed by atoms with van der Waals surface area (Å²) in [6.07, 6.45) is 1.79. The van der Waals surface area contributed by atoms with E-state index in [0.717, 1.165) is 11.1 Å². The highest BCUT2D eigenvalue weighted by Gasteiger charge is 2.09. The maximum Gasteiger partial charge on any atom is 0.220 e. The maximum absolute atomic E-state index is 12.9. The Kier molecular flexibility index (Phi) is 7.80. The Bertz CT molecular complexity index is 702. The molecule has 26 heavy (non-hydrogen) atoms. The third kappa shape index (κ3) is 7.05. The van der Waals surface area contributed by atoms with Gasteiger partial charge in [0.2, 0.25) is 11.8 Å². The van der Waals surface area contributed by atoms with Crippen LogP contribution in [0.3, 0.4) is 0 Å². The number of amides is 2. The lowest BCUT2D eigenvalue weighted by Crippen LogP contribution is -2.38. The lowest BCUT2D eigenvalue weighted by Gasteiger charge is -2.21. The van der Waals surface area contributed by atoms with Crippen LogP contribution in [0.1, 0.15) is 24.5 Å². The third-order valence-electron chi connectivity index (χ3n) is 4.22. The molecule has 1 N–H and O–H groups in total. The molecule has 0 aliphatic rings. The Hall–Kier alpha value is -2.69. The zero-order valence-corrected chi connectivity index (χ0v) is 15.1. The van der Waals surface area contributed by atoms with Crippen molar-refractivity contribution in [1.82, 2.24) is 10.2 Å².